The van der Waals surface area contributed by atoms with E-state index in [9.17, 15) is 0 Å². The number of nitrogens with zero attached hydrogens (tertiary/aromatic N) is 2. The highest BCUT2D eigenvalue weighted by atomic mass is 28.3. The number of fused-ring (bicyclic) bond motifs is 1. The molecular weight excluding hydrogens is 248 g/mol. The molecule has 1 aromatic heterocycles. The number of rotatable bonds is 7. The first-order valence-corrected chi connectivity index (χ1v) is 10.6. The molecule has 0 bridgehead atoms. The zero-order valence-corrected chi connectivity index (χ0v) is 13.8. The van der Waals surface area contributed by atoms with Gasteiger partial charge in [0.25, 0.3) is 0 Å². The molecule has 1 aliphatic rings. The summed E-state index contributed by atoms with van der Waals surface area (Å²) in [6.07, 6.45) is 7.15. The van der Waals surface area contributed by atoms with Crippen LogP contribution >= 0.6 is 0 Å². The molecule has 19 heavy (non-hydrogen) atoms. The molecule has 0 unspecified atom stereocenters. The summed E-state index contributed by atoms with van der Waals surface area (Å²) in [5.74, 6) is 1.32. The van der Waals surface area contributed by atoms with E-state index in [0.29, 0.717) is 0 Å². The van der Waals surface area contributed by atoms with Crippen LogP contribution in [0.5, 0.6) is 0 Å². The van der Waals surface area contributed by atoms with Gasteiger partial charge in [-0.25, -0.2) is 4.98 Å². The second-order valence-electron chi connectivity index (χ2n) is 5.86. The quantitative estimate of drug-likeness (QED) is 0.676. The van der Waals surface area contributed by atoms with Crippen molar-refractivity contribution in [3.8, 4) is 0 Å². The van der Waals surface area contributed by atoms with Crippen LogP contribution in [0, 0.1) is 0 Å². The third-order valence-corrected chi connectivity index (χ3v) is 10.3. The number of hydrogen-bond acceptors (Lipinski definition) is 2. The maximum Gasteiger partial charge on any atom is 0.158 e. The third kappa shape index (κ3) is 2.86. The van der Waals surface area contributed by atoms with Gasteiger partial charge in [-0.15, -0.1) is 0 Å². The van der Waals surface area contributed by atoms with E-state index >= 15 is 0 Å². The van der Waals surface area contributed by atoms with Crippen LogP contribution in [0.3, 0.4) is 0 Å². The molecular formula is C16H28N2Si. The molecule has 0 amide bonds. The summed E-state index contributed by atoms with van der Waals surface area (Å²) in [5.41, 5.74) is 1.47. The molecule has 2 heterocycles. The van der Waals surface area contributed by atoms with Crippen molar-refractivity contribution in [3.05, 3.63) is 23.9 Å². The van der Waals surface area contributed by atoms with E-state index in [-0.39, 0.29) is 0 Å². The van der Waals surface area contributed by atoms with Gasteiger partial charge >= 0.3 is 0 Å². The minimum atomic E-state index is -1.34. The van der Waals surface area contributed by atoms with Gasteiger partial charge in [-0.05, 0) is 36.2 Å². The normalized spacial score (nSPS) is 14.8. The van der Waals surface area contributed by atoms with E-state index in [2.05, 4.69) is 37.5 Å². The van der Waals surface area contributed by atoms with Crippen LogP contribution in [-0.4, -0.2) is 19.8 Å². The highest BCUT2D eigenvalue weighted by Crippen LogP contribution is 2.37. The lowest BCUT2D eigenvalue weighted by Crippen LogP contribution is -2.53. The Hall–Kier alpha value is -0.833. The van der Waals surface area contributed by atoms with Gasteiger partial charge in [0.05, 0.1) is 0 Å². The molecule has 2 nitrogen and oxygen atoms in total. The molecule has 0 fully saturated rings. The van der Waals surface area contributed by atoms with Gasteiger partial charge in [-0.3, -0.25) is 0 Å². The van der Waals surface area contributed by atoms with Crippen LogP contribution in [-0.2, 0) is 6.42 Å². The molecule has 106 valence electrons. The van der Waals surface area contributed by atoms with Crippen molar-refractivity contribution < 1.29 is 0 Å². The van der Waals surface area contributed by atoms with E-state index in [0.717, 1.165) is 0 Å². The molecule has 2 rings (SSSR count). The Kier molecular flexibility index (Phi) is 5.03. The Bertz CT molecular complexity index is 388. The molecule has 0 atom stereocenters. The summed E-state index contributed by atoms with van der Waals surface area (Å²) in [4.78, 5) is 4.71. The fraction of sp³-hybridized carbons (Fsp3) is 0.688. The fourth-order valence-corrected chi connectivity index (χ4v) is 9.43. The van der Waals surface area contributed by atoms with E-state index in [4.69, 9.17) is 4.98 Å². The maximum atomic E-state index is 4.71. The van der Waals surface area contributed by atoms with E-state index in [1.807, 2.05) is 6.20 Å². The van der Waals surface area contributed by atoms with E-state index in [1.54, 1.807) is 0 Å². The number of pyridine rings is 1. The summed E-state index contributed by atoms with van der Waals surface area (Å²) in [6, 6.07) is 8.66. The minimum Gasteiger partial charge on any atom is -0.382 e. The van der Waals surface area contributed by atoms with E-state index in [1.165, 1.54) is 61.7 Å². The average molecular weight is 276 g/mol. The predicted molar refractivity (Wildman–Crippen MR) is 86.3 cm³/mol. The van der Waals surface area contributed by atoms with Gasteiger partial charge in [-0.1, -0.05) is 46.1 Å². The highest BCUT2D eigenvalue weighted by Gasteiger charge is 2.40. The second-order valence-corrected chi connectivity index (χ2v) is 10.4. The molecule has 3 heteroatoms. The smallest absolute Gasteiger partial charge is 0.158 e. The Morgan fingerprint density at radius 3 is 2.32 bits per heavy atom. The molecule has 0 N–H and O–H groups in total. The maximum absolute atomic E-state index is 4.71. The van der Waals surface area contributed by atoms with Gasteiger partial charge in [0.2, 0.25) is 0 Å². The summed E-state index contributed by atoms with van der Waals surface area (Å²) >= 11 is 0. The van der Waals surface area contributed by atoms with Gasteiger partial charge in [-0.2, -0.15) is 0 Å². The predicted octanol–water partition coefficient (Wildman–Crippen LogP) is 4.62. The molecule has 0 spiro atoms. The van der Waals surface area contributed by atoms with Crippen LogP contribution in [0.4, 0.5) is 5.82 Å². The Balaban J connectivity index is 2.33. The van der Waals surface area contributed by atoms with Crippen molar-refractivity contribution in [2.24, 2.45) is 0 Å². The summed E-state index contributed by atoms with van der Waals surface area (Å²) in [7, 11) is -1.34. The lowest BCUT2D eigenvalue weighted by molar-refractivity contribution is 0.870. The van der Waals surface area contributed by atoms with Crippen molar-refractivity contribution in [2.45, 2.75) is 64.6 Å². The lowest BCUT2D eigenvalue weighted by atomic mass is 10.2. The Labute approximate surface area is 119 Å². The Morgan fingerprint density at radius 2 is 1.74 bits per heavy atom. The van der Waals surface area contributed by atoms with Crippen molar-refractivity contribution in [3.63, 3.8) is 0 Å². The van der Waals surface area contributed by atoms with Crippen LogP contribution in [0.15, 0.2) is 18.3 Å². The number of aromatic nitrogens is 1. The number of hydrogen-bond donors (Lipinski definition) is 0. The first-order chi connectivity index (χ1) is 9.27. The zero-order chi connectivity index (χ0) is 13.7. The lowest BCUT2D eigenvalue weighted by Gasteiger charge is -2.41. The van der Waals surface area contributed by atoms with Gasteiger partial charge in [0.1, 0.15) is 5.82 Å². The summed E-state index contributed by atoms with van der Waals surface area (Å²) < 4.78 is 2.78. The van der Waals surface area contributed by atoms with Crippen LogP contribution < -0.4 is 4.57 Å². The Morgan fingerprint density at radius 1 is 1.11 bits per heavy atom. The number of anilines is 1. The van der Waals surface area contributed by atoms with Crippen molar-refractivity contribution in [1.29, 1.82) is 0 Å². The van der Waals surface area contributed by atoms with Crippen molar-refractivity contribution >= 4 is 14.1 Å². The zero-order valence-electron chi connectivity index (χ0n) is 12.8. The largest absolute Gasteiger partial charge is 0.382 e. The fourth-order valence-electron chi connectivity index (χ4n) is 3.84. The minimum absolute atomic E-state index is 1.20. The topological polar surface area (TPSA) is 16.1 Å². The molecule has 0 aromatic carbocycles. The van der Waals surface area contributed by atoms with Crippen LogP contribution in [0.25, 0.3) is 0 Å². The summed E-state index contributed by atoms with van der Waals surface area (Å²) in [6.45, 7) is 8.27. The highest BCUT2D eigenvalue weighted by molar-refractivity contribution is 6.83. The first kappa shape index (κ1) is 14.6. The monoisotopic (exact) mass is 276 g/mol. The first-order valence-electron chi connectivity index (χ1n) is 7.99. The van der Waals surface area contributed by atoms with Crippen molar-refractivity contribution in [2.75, 3.05) is 11.1 Å². The van der Waals surface area contributed by atoms with Crippen LogP contribution in [0.2, 0.25) is 18.1 Å². The van der Waals surface area contributed by atoms with E-state index < -0.39 is 8.24 Å². The third-order valence-electron chi connectivity index (χ3n) is 4.45. The average Bonchev–Trinajstić information content (AvgIpc) is 2.84. The molecule has 0 radical (unpaired) electrons. The summed E-state index contributed by atoms with van der Waals surface area (Å²) in [5, 5.41) is 0. The van der Waals surface area contributed by atoms with Crippen molar-refractivity contribution in [1.82, 2.24) is 4.98 Å². The standard InChI is InChI=1S/C16H28N2Si/c1-4-12-19(13-5-2,14-6-3)18-11-9-15-8-7-10-17-16(15)18/h7-8,10H,4-6,9,11-14H2,1-3H3. The van der Waals surface area contributed by atoms with Gasteiger partial charge < -0.3 is 4.57 Å². The molecule has 0 saturated heterocycles. The van der Waals surface area contributed by atoms with Gasteiger partial charge in [0, 0.05) is 12.7 Å². The molecule has 1 aliphatic heterocycles. The van der Waals surface area contributed by atoms with Crippen LogP contribution in [0.1, 0.15) is 45.6 Å². The molecule has 0 aliphatic carbocycles. The second kappa shape index (κ2) is 6.55. The molecule has 0 saturated carbocycles. The van der Waals surface area contributed by atoms with Gasteiger partial charge in [0.15, 0.2) is 8.24 Å². The SMILES string of the molecule is CCC[Si](CCC)(CCC)N1CCc2cccnc21. The molecule has 1 aromatic rings.